The van der Waals surface area contributed by atoms with E-state index in [1.54, 1.807) is 0 Å². The molecular formula is C13H24OS. The summed E-state index contributed by atoms with van der Waals surface area (Å²) in [6.45, 7) is 11.5. The Morgan fingerprint density at radius 3 is 2.27 bits per heavy atom. The highest BCUT2D eigenvalue weighted by Crippen LogP contribution is 2.67. The largest absolute Gasteiger partial charge is 0.391 e. The van der Waals surface area contributed by atoms with E-state index in [1.165, 1.54) is 12.8 Å². The lowest BCUT2D eigenvalue weighted by Gasteiger charge is -2.37. The van der Waals surface area contributed by atoms with Gasteiger partial charge in [0.1, 0.15) is 0 Å². The molecule has 0 saturated heterocycles. The van der Waals surface area contributed by atoms with Crippen molar-refractivity contribution < 1.29 is 5.11 Å². The third kappa shape index (κ3) is 1.40. The molecule has 0 aromatic rings. The minimum absolute atomic E-state index is 0.0985. The summed E-state index contributed by atoms with van der Waals surface area (Å²) in [6.07, 6.45) is 2.42. The molecule has 2 saturated carbocycles. The molecule has 0 aromatic carbocycles. The summed E-state index contributed by atoms with van der Waals surface area (Å²) < 4.78 is 0. The highest BCUT2D eigenvalue weighted by atomic mass is 32.2. The van der Waals surface area contributed by atoms with E-state index in [9.17, 15) is 5.11 Å². The van der Waals surface area contributed by atoms with E-state index >= 15 is 0 Å². The summed E-state index contributed by atoms with van der Waals surface area (Å²) in [4.78, 5) is 0. The summed E-state index contributed by atoms with van der Waals surface area (Å²) in [6, 6.07) is 0. The second-order valence-corrected chi connectivity index (χ2v) is 8.14. The first-order valence-electron chi connectivity index (χ1n) is 6.14. The maximum Gasteiger partial charge on any atom is 0.0720 e. The Balaban J connectivity index is 2.26. The molecular weight excluding hydrogens is 204 g/mol. The first-order chi connectivity index (χ1) is 6.80. The molecule has 0 aromatic heterocycles. The van der Waals surface area contributed by atoms with Crippen LogP contribution in [0.1, 0.15) is 47.5 Å². The average Bonchev–Trinajstić information content (AvgIpc) is 2.40. The highest BCUT2D eigenvalue weighted by molar-refractivity contribution is 8.00. The van der Waals surface area contributed by atoms with E-state index in [1.807, 2.05) is 11.8 Å². The fourth-order valence-corrected chi connectivity index (χ4v) is 5.48. The molecule has 2 heteroatoms. The van der Waals surface area contributed by atoms with E-state index in [4.69, 9.17) is 0 Å². The summed E-state index contributed by atoms with van der Waals surface area (Å²) >= 11 is 1.98. The maximum absolute atomic E-state index is 10.5. The number of rotatable bonds is 2. The SMILES string of the molecule is CC(C)S[C@@H]1[C@H]2CC[C@@](C)([C@@H]1O)C2(C)C. The third-order valence-electron chi connectivity index (χ3n) is 5.16. The minimum Gasteiger partial charge on any atom is -0.391 e. The van der Waals surface area contributed by atoms with Gasteiger partial charge < -0.3 is 5.11 Å². The fraction of sp³-hybridized carbons (Fsp3) is 1.00. The van der Waals surface area contributed by atoms with Crippen LogP contribution in [-0.4, -0.2) is 21.7 Å². The monoisotopic (exact) mass is 228 g/mol. The zero-order chi connectivity index (χ0) is 11.4. The zero-order valence-corrected chi connectivity index (χ0v) is 11.4. The second kappa shape index (κ2) is 3.40. The van der Waals surface area contributed by atoms with Gasteiger partial charge in [-0.25, -0.2) is 0 Å². The Morgan fingerprint density at radius 2 is 1.87 bits per heavy atom. The molecule has 0 unspecified atom stereocenters. The number of thioether (sulfide) groups is 1. The predicted octanol–water partition coefficient (Wildman–Crippen LogP) is 3.31. The van der Waals surface area contributed by atoms with Gasteiger partial charge in [-0.05, 0) is 34.8 Å². The molecule has 0 amide bonds. The molecule has 1 N–H and O–H groups in total. The molecule has 15 heavy (non-hydrogen) atoms. The van der Waals surface area contributed by atoms with E-state index in [2.05, 4.69) is 34.6 Å². The highest BCUT2D eigenvalue weighted by Gasteiger charge is 2.65. The summed E-state index contributed by atoms with van der Waals surface area (Å²) in [5.74, 6) is 0.713. The predicted molar refractivity (Wildman–Crippen MR) is 67.1 cm³/mol. The van der Waals surface area contributed by atoms with Gasteiger partial charge in [-0.2, -0.15) is 11.8 Å². The Kier molecular flexibility index (Phi) is 2.67. The van der Waals surface area contributed by atoms with E-state index in [0.717, 1.165) is 0 Å². The number of hydrogen-bond acceptors (Lipinski definition) is 2. The molecule has 0 spiro atoms. The maximum atomic E-state index is 10.5. The molecule has 0 radical (unpaired) electrons. The summed E-state index contributed by atoms with van der Waals surface area (Å²) in [7, 11) is 0. The molecule has 4 atom stereocenters. The van der Waals surface area contributed by atoms with Crippen molar-refractivity contribution in [1.29, 1.82) is 0 Å². The van der Waals surface area contributed by atoms with E-state index < -0.39 is 0 Å². The van der Waals surface area contributed by atoms with Crippen molar-refractivity contribution in [2.45, 2.75) is 64.1 Å². The van der Waals surface area contributed by atoms with Crippen LogP contribution in [0.3, 0.4) is 0 Å². The fourth-order valence-electron chi connectivity index (χ4n) is 3.73. The van der Waals surface area contributed by atoms with Gasteiger partial charge in [0.05, 0.1) is 6.10 Å². The molecule has 88 valence electrons. The van der Waals surface area contributed by atoms with Crippen LogP contribution in [-0.2, 0) is 0 Å². The van der Waals surface area contributed by atoms with Crippen LogP contribution in [0.25, 0.3) is 0 Å². The van der Waals surface area contributed by atoms with Crippen LogP contribution in [0.15, 0.2) is 0 Å². The van der Waals surface area contributed by atoms with Crippen LogP contribution in [0.4, 0.5) is 0 Å². The van der Waals surface area contributed by atoms with Gasteiger partial charge in [0.15, 0.2) is 0 Å². The second-order valence-electron chi connectivity index (χ2n) is 6.38. The van der Waals surface area contributed by atoms with Crippen molar-refractivity contribution in [3.8, 4) is 0 Å². The topological polar surface area (TPSA) is 20.2 Å². The Hall–Kier alpha value is 0.310. The van der Waals surface area contributed by atoms with Crippen LogP contribution in [0, 0.1) is 16.7 Å². The number of aliphatic hydroxyl groups excluding tert-OH is 1. The van der Waals surface area contributed by atoms with Crippen molar-refractivity contribution in [2.24, 2.45) is 16.7 Å². The van der Waals surface area contributed by atoms with Crippen molar-refractivity contribution in [1.82, 2.24) is 0 Å². The van der Waals surface area contributed by atoms with Crippen molar-refractivity contribution in [3.63, 3.8) is 0 Å². The van der Waals surface area contributed by atoms with Gasteiger partial charge in [-0.1, -0.05) is 34.6 Å². The van der Waals surface area contributed by atoms with Crippen LogP contribution >= 0.6 is 11.8 Å². The Labute approximate surface area is 98.0 Å². The Morgan fingerprint density at radius 1 is 1.27 bits per heavy atom. The van der Waals surface area contributed by atoms with Crippen LogP contribution < -0.4 is 0 Å². The molecule has 2 aliphatic rings. The van der Waals surface area contributed by atoms with Gasteiger partial charge in [0.25, 0.3) is 0 Å². The normalized spacial score (nSPS) is 47.8. The number of fused-ring (bicyclic) bond motifs is 2. The van der Waals surface area contributed by atoms with Gasteiger partial charge in [0.2, 0.25) is 0 Å². The van der Waals surface area contributed by atoms with Crippen molar-refractivity contribution in [2.75, 3.05) is 0 Å². The quantitative estimate of drug-likeness (QED) is 0.782. The molecule has 1 nitrogen and oxygen atoms in total. The average molecular weight is 228 g/mol. The van der Waals surface area contributed by atoms with Gasteiger partial charge in [-0.3, -0.25) is 0 Å². The smallest absolute Gasteiger partial charge is 0.0720 e. The van der Waals surface area contributed by atoms with Crippen LogP contribution in [0.5, 0.6) is 0 Å². The van der Waals surface area contributed by atoms with Crippen molar-refractivity contribution >= 4 is 11.8 Å². The first kappa shape index (κ1) is 11.8. The lowest BCUT2D eigenvalue weighted by molar-refractivity contribution is 0.0148. The van der Waals surface area contributed by atoms with Gasteiger partial charge in [-0.15, -0.1) is 0 Å². The first-order valence-corrected chi connectivity index (χ1v) is 7.08. The van der Waals surface area contributed by atoms with Gasteiger partial charge >= 0.3 is 0 Å². The Bertz CT molecular complexity index is 261. The molecule has 2 fully saturated rings. The third-order valence-corrected chi connectivity index (χ3v) is 6.61. The molecule has 2 aliphatic carbocycles. The number of hydrogen-bond donors (Lipinski definition) is 1. The lowest BCUT2D eigenvalue weighted by Crippen LogP contribution is -2.38. The van der Waals surface area contributed by atoms with Crippen LogP contribution in [0.2, 0.25) is 0 Å². The van der Waals surface area contributed by atoms with Gasteiger partial charge in [0, 0.05) is 5.25 Å². The van der Waals surface area contributed by atoms with E-state index in [-0.39, 0.29) is 11.5 Å². The summed E-state index contributed by atoms with van der Waals surface area (Å²) in [5, 5.41) is 11.6. The standard InChI is InChI=1S/C13H24OS/c1-8(2)15-10-9-6-7-13(5,11(10)14)12(9,3)4/h8-11,14H,6-7H2,1-5H3/t9-,10-,11-,13+/m1/s1. The molecule has 2 bridgehead atoms. The zero-order valence-electron chi connectivity index (χ0n) is 10.6. The molecule has 2 rings (SSSR count). The molecule has 0 heterocycles. The molecule has 0 aliphatic heterocycles. The minimum atomic E-state index is -0.0985. The lowest BCUT2D eigenvalue weighted by atomic mass is 9.70. The van der Waals surface area contributed by atoms with Crippen molar-refractivity contribution in [3.05, 3.63) is 0 Å². The number of aliphatic hydroxyl groups is 1. The van der Waals surface area contributed by atoms with E-state index in [0.29, 0.717) is 21.8 Å². The summed E-state index contributed by atoms with van der Waals surface area (Å²) in [5.41, 5.74) is 0.475.